The van der Waals surface area contributed by atoms with Crippen LogP contribution in [0.1, 0.15) is 51.9 Å². The number of nitrogens with one attached hydrogen (secondary N) is 1. The van der Waals surface area contributed by atoms with Crippen molar-refractivity contribution >= 4 is 5.97 Å². The number of likely N-dealkylation sites (tertiary alicyclic amines) is 1. The minimum Gasteiger partial charge on any atom is -0.480 e. The quantitative estimate of drug-likeness (QED) is 0.786. The lowest BCUT2D eigenvalue weighted by molar-refractivity contribution is -0.147. The summed E-state index contributed by atoms with van der Waals surface area (Å²) in [6.07, 6.45) is 7.43. The van der Waals surface area contributed by atoms with Gasteiger partial charge in [0.1, 0.15) is 5.54 Å². The fourth-order valence-electron chi connectivity index (χ4n) is 3.36. The van der Waals surface area contributed by atoms with Crippen LogP contribution in [-0.4, -0.2) is 47.2 Å². The van der Waals surface area contributed by atoms with E-state index in [9.17, 15) is 9.90 Å². The summed E-state index contributed by atoms with van der Waals surface area (Å²) in [5.41, 5.74) is -0.654. The third-order valence-electron chi connectivity index (χ3n) is 4.49. The molecule has 2 rings (SSSR count). The lowest BCUT2D eigenvalue weighted by Gasteiger charge is -2.41. The third-order valence-corrected chi connectivity index (χ3v) is 4.49. The molecule has 0 amide bonds. The van der Waals surface area contributed by atoms with E-state index >= 15 is 0 Å². The Labute approximate surface area is 110 Å². The number of carboxylic acids is 1. The number of rotatable bonds is 5. The first kappa shape index (κ1) is 13.8. The standard InChI is InChI=1S/C14H26N2O2/c1-2-9-16-10-7-14(8-11-16,13(17)18)15-12-5-3-4-6-12/h12,15H,2-11H2,1H3,(H,17,18). The number of piperidine rings is 1. The maximum absolute atomic E-state index is 11.6. The van der Waals surface area contributed by atoms with Crippen molar-refractivity contribution in [3.63, 3.8) is 0 Å². The number of nitrogens with zero attached hydrogens (tertiary/aromatic N) is 1. The van der Waals surface area contributed by atoms with Gasteiger partial charge in [-0.05, 0) is 38.6 Å². The zero-order valence-corrected chi connectivity index (χ0v) is 11.5. The number of hydrogen-bond acceptors (Lipinski definition) is 3. The minimum absolute atomic E-state index is 0.429. The summed E-state index contributed by atoms with van der Waals surface area (Å²) in [4.78, 5) is 14.0. The first-order chi connectivity index (χ1) is 8.66. The van der Waals surface area contributed by atoms with Crippen molar-refractivity contribution in [1.82, 2.24) is 10.2 Å². The number of carbonyl (C=O) groups is 1. The smallest absolute Gasteiger partial charge is 0.324 e. The molecule has 2 N–H and O–H groups in total. The van der Waals surface area contributed by atoms with Crippen LogP contribution in [0.15, 0.2) is 0 Å². The normalized spacial score (nSPS) is 25.4. The van der Waals surface area contributed by atoms with E-state index in [0.717, 1.165) is 51.7 Å². The predicted octanol–water partition coefficient (Wildman–Crippen LogP) is 1.85. The van der Waals surface area contributed by atoms with Crippen LogP contribution in [-0.2, 0) is 4.79 Å². The first-order valence-corrected chi connectivity index (χ1v) is 7.40. The van der Waals surface area contributed by atoms with Gasteiger partial charge in [0, 0.05) is 19.1 Å². The molecule has 2 fully saturated rings. The lowest BCUT2D eigenvalue weighted by Crippen LogP contribution is -2.60. The summed E-state index contributed by atoms with van der Waals surface area (Å²) in [5.74, 6) is -0.648. The van der Waals surface area contributed by atoms with E-state index < -0.39 is 11.5 Å². The summed E-state index contributed by atoms with van der Waals surface area (Å²) in [5, 5.41) is 13.1. The van der Waals surface area contributed by atoms with Crippen molar-refractivity contribution in [2.75, 3.05) is 19.6 Å². The maximum atomic E-state index is 11.6. The minimum atomic E-state index is -0.654. The molecule has 1 saturated heterocycles. The van der Waals surface area contributed by atoms with Gasteiger partial charge < -0.3 is 10.0 Å². The van der Waals surface area contributed by atoms with Gasteiger partial charge in [0.25, 0.3) is 0 Å². The van der Waals surface area contributed by atoms with Crippen LogP contribution in [0.5, 0.6) is 0 Å². The molecule has 0 atom stereocenters. The highest BCUT2D eigenvalue weighted by atomic mass is 16.4. The Hall–Kier alpha value is -0.610. The van der Waals surface area contributed by atoms with Crippen molar-refractivity contribution in [3.8, 4) is 0 Å². The van der Waals surface area contributed by atoms with E-state index in [1.165, 1.54) is 12.8 Å². The average Bonchev–Trinajstić information content (AvgIpc) is 2.84. The van der Waals surface area contributed by atoms with Crippen LogP contribution in [0.2, 0.25) is 0 Å². The number of aliphatic carboxylic acids is 1. The fraction of sp³-hybridized carbons (Fsp3) is 0.929. The van der Waals surface area contributed by atoms with Crippen molar-refractivity contribution in [2.24, 2.45) is 0 Å². The van der Waals surface area contributed by atoms with Gasteiger partial charge >= 0.3 is 5.97 Å². The van der Waals surface area contributed by atoms with Crippen LogP contribution < -0.4 is 5.32 Å². The summed E-state index contributed by atoms with van der Waals surface area (Å²) in [6, 6.07) is 0.429. The molecule has 4 nitrogen and oxygen atoms in total. The molecule has 104 valence electrons. The molecular weight excluding hydrogens is 228 g/mol. The predicted molar refractivity (Wildman–Crippen MR) is 71.7 cm³/mol. The highest BCUT2D eigenvalue weighted by Crippen LogP contribution is 2.27. The molecule has 1 heterocycles. The second-order valence-corrected chi connectivity index (χ2v) is 5.85. The van der Waals surface area contributed by atoms with Crippen LogP contribution >= 0.6 is 0 Å². The summed E-state index contributed by atoms with van der Waals surface area (Å²) >= 11 is 0. The summed E-state index contributed by atoms with van der Waals surface area (Å²) in [6.45, 7) is 5.11. The molecule has 0 radical (unpaired) electrons. The average molecular weight is 254 g/mol. The molecule has 1 aliphatic heterocycles. The lowest BCUT2D eigenvalue weighted by atomic mass is 9.86. The Morgan fingerprint density at radius 3 is 2.44 bits per heavy atom. The molecule has 0 unspecified atom stereocenters. The Morgan fingerprint density at radius 1 is 1.33 bits per heavy atom. The monoisotopic (exact) mass is 254 g/mol. The van der Waals surface area contributed by atoms with E-state index in [2.05, 4.69) is 17.1 Å². The van der Waals surface area contributed by atoms with E-state index in [1.807, 2.05) is 0 Å². The van der Waals surface area contributed by atoms with Gasteiger partial charge in [0.05, 0.1) is 0 Å². The van der Waals surface area contributed by atoms with Gasteiger partial charge in [-0.1, -0.05) is 19.8 Å². The van der Waals surface area contributed by atoms with Crippen LogP contribution in [0.3, 0.4) is 0 Å². The number of carboxylic acid groups (broad SMARTS) is 1. The molecule has 2 aliphatic rings. The van der Waals surface area contributed by atoms with E-state index in [1.54, 1.807) is 0 Å². The van der Waals surface area contributed by atoms with Gasteiger partial charge in [0.15, 0.2) is 0 Å². The second-order valence-electron chi connectivity index (χ2n) is 5.85. The third kappa shape index (κ3) is 3.04. The van der Waals surface area contributed by atoms with Crippen LogP contribution in [0, 0.1) is 0 Å². The molecule has 0 aromatic carbocycles. The zero-order chi connectivity index (χ0) is 13.0. The molecule has 4 heteroatoms. The van der Waals surface area contributed by atoms with Crippen molar-refractivity contribution in [1.29, 1.82) is 0 Å². The molecular formula is C14H26N2O2. The zero-order valence-electron chi connectivity index (χ0n) is 11.5. The van der Waals surface area contributed by atoms with Gasteiger partial charge in [-0.15, -0.1) is 0 Å². The molecule has 1 aliphatic carbocycles. The Balaban J connectivity index is 1.94. The summed E-state index contributed by atoms with van der Waals surface area (Å²) in [7, 11) is 0. The number of hydrogen-bond donors (Lipinski definition) is 2. The first-order valence-electron chi connectivity index (χ1n) is 7.40. The fourth-order valence-corrected chi connectivity index (χ4v) is 3.36. The Kier molecular flexibility index (Phi) is 4.62. The highest BCUT2D eigenvalue weighted by Gasteiger charge is 2.42. The Morgan fingerprint density at radius 2 is 1.94 bits per heavy atom. The van der Waals surface area contributed by atoms with Gasteiger partial charge in [-0.2, -0.15) is 0 Å². The van der Waals surface area contributed by atoms with Crippen LogP contribution in [0.4, 0.5) is 0 Å². The molecule has 0 aromatic heterocycles. The van der Waals surface area contributed by atoms with Gasteiger partial charge in [-0.3, -0.25) is 10.1 Å². The SMILES string of the molecule is CCCN1CCC(NC2CCCC2)(C(=O)O)CC1. The van der Waals surface area contributed by atoms with Gasteiger partial charge in [-0.25, -0.2) is 0 Å². The van der Waals surface area contributed by atoms with E-state index in [4.69, 9.17) is 0 Å². The van der Waals surface area contributed by atoms with Crippen molar-refractivity contribution < 1.29 is 9.90 Å². The Bertz CT molecular complexity index is 280. The molecule has 0 aromatic rings. The molecule has 1 saturated carbocycles. The van der Waals surface area contributed by atoms with E-state index in [-0.39, 0.29) is 0 Å². The summed E-state index contributed by atoms with van der Waals surface area (Å²) < 4.78 is 0. The largest absolute Gasteiger partial charge is 0.480 e. The highest BCUT2D eigenvalue weighted by molar-refractivity contribution is 5.79. The van der Waals surface area contributed by atoms with Crippen molar-refractivity contribution in [2.45, 2.75) is 63.5 Å². The molecule has 0 bridgehead atoms. The molecule has 18 heavy (non-hydrogen) atoms. The maximum Gasteiger partial charge on any atom is 0.324 e. The van der Waals surface area contributed by atoms with Crippen LogP contribution in [0.25, 0.3) is 0 Å². The second kappa shape index (κ2) is 6.02. The molecule has 0 spiro atoms. The van der Waals surface area contributed by atoms with E-state index in [0.29, 0.717) is 6.04 Å². The van der Waals surface area contributed by atoms with Gasteiger partial charge in [0.2, 0.25) is 0 Å². The topological polar surface area (TPSA) is 52.6 Å². The van der Waals surface area contributed by atoms with Crippen molar-refractivity contribution in [3.05, 3.63) is 0 Å².